The van der Waals surface area contributed by atoms with Crippen molar-refractivity contribution in [2.24, 2.45) is 0 Å². The summed E-state index contributed by atoms with van der Waals surface area (Å²) in [7, 11) is 0. The molecule has 0 spiro atoms. The van der Waals surface area contributed by atoms with Crippen molar-refractivity contribution in [3.8, 4) is 5.69 Å². The lowest BCUT2D eigenvalue weighted by atomic mass is 10.3. The minimum atomic E-state index is 0.307. The summed E-state index contributed by atoms with van der Waals surface area (Å²) in [6, 6.07) is 10.3. The molecule has 22 heavy (non-hydrogen) atoms. The highest BCUT2D eigenvalue weighted by molar-refractivity contribution is 5.29. The maximum atomic E-state index is 4.30. The van der Waals surface area contributed by atoms with E-state index < -0.39 is 0 Å². The highest BCUT2D eigenvalue weighted by Crippen LogP contribution is 2.06. The minimum Gasteiger partial charge on any atom is -0.307 e. The van der Waals surface area contributed by atoms with Gasteiger partial charge in [-0.25, -0.2) is 4.68 Å². The topological polar surface area (TPSA) is 60.6 Å². The lowest BCUT2D eigenvalue weighted by molar-refractivity contribution is 0.448. The number of aryl methyl sites for hydroxylation is 1. The average Bonchev–Trinajstić information content (AvgIpc) is 3.15. The van der Waals surface area contributed by atoms with Crippen LogP contribution >= 0.6 is 0 Å². The summed E-state index contributed by atoms with van der Waals surface area (Å²) in [5.41, 5.74) is 3.12. The number of nitrogens with one attached hydrogen (secondary N) is 1. The van der Waals surface area contributed by atoms with Gasteiger partial charge < -0.3 is 5.32 Å². The Hall–Kier alpha value is -2.47. The van der Waals surface area contributed by atoms with Crippen molar-refractivity contribution in [2.75, 3.05) is 0 Å². The summed E-state index contributed by atoms with van der Waals surface area (Å²) in [5.74, 6) is 0. The van der Waals surface area contributed by atoms with Crippen LogP contribution < -0.4 is 5.32 Å². The molecule has 1 atom stereocenters. The van der Waals surface area contributed by atoms with Gasteiger partial charge in [-0.3, -0.25) is 4.68 Å². The molecule has 0 bridgehead atoms. The molecule has 3 aromatic rings. The zero-order chi connectivity index (χ0) is 15.4. The predicted molar refractivity (Wildman–Crippen MR) is 84.6 cm³/mol. The predicted octanol–water partition coefficient (Wildman–Crippen LogP) is 1.95. The van der Waals surface area contributed by atoms with Gasteiger partial charge in [0, 0.05) is 18.8 Å². The van der Waals surface area contributed by atoms with Crippen molar-refractivity contribution in [2.45, 2.75) is 33.0 Å². The van der Waals surface area contributed by atoms with Gasteiger partial charge in [-0.05, 0) is 31.5 Å². The second kappa shape index (κ2) is 6.53. The smallest absolute Gasteiger partial charge is 0.0969 e. The average molecular weight is 296 g/mol. The standard InChI is InChI=1S/C16H20N6/c1-13-8-18-21(10-13)11-14(2)17-9-15-12-22(20-19-15)16-6-4-3-5-7-16/h3-8,10,12,14,17H,9,11H2,1-2H3. The van der Waals surface area contributed by atoms with Crippen molar-refractivity contribution in [3.05, 3.63) is 60.2 Å². The first-order valence-electron chi connectivity index (χ1n) is 7.40. The van der Waals surface area contributed by atoms with Crippen LogP contribution in [-0.4, -0.2) is 30.8 Å². The van der Waals surface area contributed by atoms with Gasteiger partial charge in [0.25, 0.3) is 0 Å². The molecule has 0 amide bonds. The number of hydrogen-bond donors (Lipinski definition) is 1. The van der Waals surface area contributed by atoms with Crippen LogP contribution in [0.25, 0.3) is 5.69 Å². The molecule has 0 aliphatic rings. The fourth-order valence-corrected chi connectivity index (χ4v) is 2.28. The Bertz CT molecular complexity index is 715. The van der Waals surface area contributed by atoms with Crippen LogP contribution in [0.1, 0.15) is 18.2 Å². The molecule has 0 saturated heterocycles. The second-order valence-electron chi connectivity index (χ2n) is 5.51. The highest BCUT2D eigenvalue weighted by Gasteiger charge is 2.06. The number of hydrogen-bond acceptors (Lipinski definition) is 4. The van der Waals surface area contributed by atoms with Gasteiger partial charge in [0.05, 0.1) is 30.3 Å². The molecule has 1 aromatic carbocycles. The van der Waals surface area contributed by atoms with Gasteiger partial charge in [0.1, 0.15) is 0 Å². The van der Waals surface area contributed by atoms with E-state index in [2.05, 4.69) is 27.7 Å². The minimum absolute atomic E-state index is 0.307. The third-order valence-electron chi connectivity index (χ3n) is 3.42. The van der Waals surface area contributed by atoms with E-state index in [1.807, 2.05) is 60.5 Å². The van der Waals surface area contributed by atoms with Gasteiger partial charge >= 0.3 is 0 Å². The Balaban J connectivity index is 1.54. The van der Waals surface area contributed by atoms with Gasteiger partial charge in [0.2, 0.25) is 0 Å². The van der Waals surface area contributed by atoms with Crippen LogP contribution in [0, 0.1) is 6.92 Å². The number of aromatic nitrogens is 5. The number of para-hydroxylation sites is 1. The summed E-state index contributed by atoms with van der Waals surface area (Å²) in [4.78, 5) is 0. The Kier molecular flexibility index (Phi) is 4.29. The fourth-order valence-electron chi connectivity index (χ4n) is 2.28. The van der Waals surface area contributed by atoms with Crippen molar-refractivity contribution in [1.29, 1.82) is 0 Å². The molecule has 3 rings (SSSR count). The normalized spacial score (nSPS) is 12.5. The third kappa shape index (κ3) is 3.59. The Morgan fingerprint density at radius 3 is 2.73 bits per heavy atom. The summed E-state index contributed by atoms with van der Waals surface area (Å²) in [6.07, 6.45) is 5.87. The van der Waals surface area contributed by atoms with Crippen LogP contribution in [0.2, 0.25) is 0 Å². The molecule has 0 radical (unpaired) electrons. The van der Waals surface area contributed by atoms with E-state index in [1.165, 1.54) is 5.56 Å². The van der Waals surface area contributed by atoms with Crippen molar-refractivity contribution < 1.29 is 0 Å². The van der Waals surface area contributed by atoms with E-state index >= 15 is 0 Å². The van der Waals surface area contributed by atoms with E-state index in [-0.39, 0.29) is 0 Å². The Morgan fingerprint density at radius 2 is 2.00 bits per heavy atom. The van der Waals surface area contributed by atoms with Gasteiger partial charge in [0.15, 0.2) is 0 Å². The van der Waals surface area contributed by atoms with E-state index in [9.17, 15) is 0 Å². The van der Waals surface area contributed by atoms with E-state index in [1.54, 1.807) is 4.68 Å². The molecule has 0 saturated carbocycles. The number of nitrogens with zero attached hydrogens (tertiary/aromatic N) is 5. The molecule has 6 heteroatoms. The van der Waals surface area contributed by atoms with Crippen molar-refractivity contribution >= 4 is 0 Å². The molecule has 114 valence electrons. The van der Waals surface area contributed by atoms with Crippen LogP contribution in [0.15, 0.2) is 48.9 Å². The number of rotatable bonds is 6. The Morgan fingerprint density at radius 1 is 1.18 bits per heavy atom. The van der Waals surface area contributed by atoms with Gasteiger partial charge in [-0.1, -0.05) is 23.4 Å². The van der Waals surface area contributed by atoms with Crippen LogP contribution in [0.4, 0.5) is 0 Å². The molecule has 1 unspecified atom stereocenters. The zero-order valence-electron chi connectivity index (χ0n) is 12.8. The first kappa shape index (κ1) is 14.5. The monoisotopic (exact) mass is 296 g/mol. The molecule has 0 aliphatic heterocycles. The maximum absolute atomic E-state index is 4.30. The van der Waals surface area contributed by atoms with Gasteiger partial charge in [-0.2, -0.15) is 5.10 Å². The molecular weight excluding hydrogens is 276 g/mol. The molecule has 1 N–H and O–H groups in total. The highest BCUT2D eigenvalue weighted by atomic mass is 15.4. The first-order chi connectivity index (χ1) is 10.7. The third-order valence-corrected chi connectivity index (χ3v) is 3.42. The van der Waals surface area contributed by atoms with E-state index in [0.29, 0.717) is 12.6 Å². The van der Waals surface area contributed by atoms with E-state index in [4.69, 9.17) is 0 Å². The fraction of sp³-hybridized carbons (Fsp3) is 0.312. The molecule has 0 fully saturated rings. The summed E-state index contributed by atoms with van der Waals surface area (Å²) >= 11 is 0. The summed E-state index contributed by atoms with van der Waals surface area (Å²) in [6.45, 7) is 5.71. The molecule has 2 heterocycles. The van der Waals surface area contributed by atoms with Crippen molar-refractivity contribution in [1.82, 2.24) is 30.1 Å². The maximum Gasteiger partial charge on any atom is 0.0969 e. The van der Waals surface area contributed by atoms with Crippen LogP contribution in [0.3, 0.4) is 0 Å². The molecule has 0 aliphatic carbocycles. The van der Waals surface area contributed by atoms with Gasteiger partial charge in [-0.15, -0.1) is 5.10 Å². The Labute approximate surface area is 129 Å². The van der Waals surface area contributed by atoms with Crippen LogP contribution in [-0.2, 0) is 13.1 Å². The van der Waals surface area contributed by atoms with Crippen molar-refractivity contribution in [3.63, 3.8) is 0 Å². The van der Waals surface area contributed by atoms with E-state index in [0.717, 1.165) is 17.9 Å². The van der Waals surface area contributed by atoms with Crippen LogP contribution in [0.5, 0.6) is 0 Å². The summed E-state index contributed by atoms with van der Waals surface area (Å²) in [5, 5.41) is 16.1. The number of benzene rings is 1. The molecule has 6 nitrogen and oxygen atoms in total. The first-order valence-corrected chi connectivity index (χ1v) is 7.40. The zero-order valence-corrected chi connectivity index (χ0v) is 12.8. The SMILES string of the molecule is Cc1cnn(CC(C)NCc2cn(-c3ccccc3)nn2)c1. The lowest BCUT2D eigenvalue weighted by Gasteiger charge is -2.12. The molecule has 2 aromatic heterocycles. The largest absolute Gasteiger partial charge is 0.307 e. The second-order valence-corrected chi connectivity index (χ2v) is 5.51. The quantitative estimate of drug-likeness (QED) is 0.755. The molecular formula is C16H20N6. The lowest BCUT2D eigenvalue weighted by Crippen LogP contribution is -2.30. The summed E-state index contributed by atoms with van der Waals surface area (Å²) < 4.78 is 3.74.